The Labute approximate surface area is 119 Å². The van der Waals surface area contributed by atoms with Crippen molar-refractivity contribution < 1.29 is 22.7 Å². The predicted molar refractivity (Wildman–Crippen MR) is 69.2 cm³/mol. The van der Waals surface area contributed by atoms with E-state index in [1.165, 1.54) is 0 Å². The number of alkyl halides is 3. The average Bonchev–Trinajstić information content (AvgIpc) is 2.82. The van der Waals surface area contributed by atoms with Gasteiger partial charge in [-0.05, 0) is 24.6 Å². The Hall–Kier alpha value is -2.31. The number of carbonyl (C=O) groups is 1. The molecule has 1 heterocycles. The minimum atomic E-state index is -4.61. The number of aromatic nitrogens is 2. The van der Waals surface area contributed by atoms with E-state index in [2.05, 4.69) is 5.10 Å². The summed E-state index contributed by atoms with van der Waals surface area (Å²) in [5.41, 5.74) is 0.136. The molecule has 2 aromatic rings. The van der Waals surface area contributed by atoms with Crippen LogP contribution in [0.1, 0.15) is 24.6 Å². The molecule has 0 aliphatic carbocycles. The first-order valence-corrected chi connectivity index (χ1v) is 6.26. The summed E-state index contributed by atoms with van der Waals surface area (Å²) in [6.45, 7) is 3.36. The molecule has 0 unspecified atom stereocenters. The fourth-order valence-electron chi connectivity index (χ4n) is 1.71. The summed E-state index contributed by atoms with van der Waals surface area (Å²) in [4.78, 5) is 11.3. The first-order chi connectivity index (χ1) is 9.81. The van der Waals surface area contributed by atoms with Gasteiger partial charge in [0.05, 0.1) is 5.69 Å². The van der Waals surface area contributed by atoms with Crippen molar-refractivity contribution >= 4 is 5.97 Å². The molecule has 0 N–H and O–H groups in total. The maximum atomic E-state index is 12.8. The molecule has 0 aliphatic rings. The zero-order chi connectivity index (χ0) is 15.6. The lowest BCUT2D eigenvalue weighted by atomic mass is 10.2. The first-order valence-electron chi connectivity index (χ1n) is 6.26. The number of benzene rings is 1. The number of nitrogens with zero attached hydrogens (tertiary/aromatic N) is 2. The van der Waals surface area contributed by atoms with E-state index in [0.29, 0.717) is 5.69 Å². The van der Waals surface area contributed by atoms with E-state index in [9.17, 15) is 18.0 Å². The second-order valence-corrected chi connectivity index (χ2v) is 4.44. The fourth-order valence-corrected chi connectivity index (χ4v) is 1.71. The molecule has 0 amide bonds. The maximum Gasteiger partial charge on any atom is 0.435 e. The van der Waals surface area contributed by atoms with Gasteiger partial charge in [-0.1, -0.05) is 19.1 Å². The van der Waals surface area contributed by atoms with Crippen LogP contribution in [-0.4, -0.2) is 15.7 Å². The zero-order valence-corrected chi connectivity index (χ0v) is 11.4. The lowest BCUT2D eigenvalue weighted by Gasteiger charge is -2.07. The zero-order valence-electron chi connectivity index (χ0n) is 11.4. The number of esters is 1. The summed E-state index contributed by atoms with van der Waals surface area (Å²) >= 11 is 0. The van der Waals surface area contributed by atoms with Crippen molar-refractivity contribution in [3.63, 3.8) is 0 Å². The Morgan fingerprint density at radius 1 is 1.33 bits per heavy atom. The third-order valence-corrected chi connectivity index (χ3v) is 2.72. The smallest absolute Gasteiger partial charge is 0.407 e. The lowest BCUT2D eigenvalue weighted by molar-refractivity contribution is -0.141. The van der Waals surface area contributed by atoms with Gasteiger partial charge < -0.3 is 4.74 Å². The Morgan fingerprint density at radius 2 is 2.05 bits per heavy atom. The third-order valence-electron chi connectivity index (χ3n) is 2.72. The molecule has 0 fully saturated rings. The van der Waals surface area contributed by atoms with E-state index in [-0.39, 0.29) is 12.3 Å². The number of halogens is 3. The van der Waals surface area contributed by atoms with Crippen molar-refractivity contribution in [1.29, 1.82) is 0 Å². The van der Waals surface area contributed by atoms with E-state index in [1.54, 1.807) is 38.1 Å². The second-order valence-electron chi connectivity index (χ2n) is 4.44. The molecule has 7 heteroatoms. The molecule has 0 saturated heterocycles. The van der Waals surface area contributed by atoms with Gasteiger partial charge in [-0.2, -0.15) is 18.3 Å². The molecule has 0 atom stereocenters. The van der Waals surface area contributed by atoms with Crippen LogP contribution in [0.15, 0.2) is 30.3 Å². The number of rotatable bonds is 3. The Morgan fingerprint density at radius 3 is 2.62 bits per heavy atom. The largest absolute Gasteiger partial charge is 0.435 e. The van der Waals surface area contributed by atoms with Crippen LogP contribution in [0, 0.1) is 6.92 Å². The number of aryl methyl sites for hydroxylation is 1. The second kappa shape index (κ2) is 5.59. The maximum absolute atomic E-state index is 12.8. The van der Waals surface area contributed by atoms with E-state index in [4.69, 9.17) is 4.74 Å². The summed E-state index contributed by atoms with van der Waals surface area (Å²) in [7, 11) is 0. The molecule has 0 spiro atoms. The van der Waals surface area contributed by atoms with Crippen molar-refractivity contribution in [3.8, 4) is 11.6 Å². The highest BCUT2D eigenvalue weighted by Crippen LogP contribution is 2.32. The number of hydrogen-bond donors (Lipinski definition) is 0. The summed E-state index contributed by atoms with van der Waals surface area (Å²) in [5.74, 6) is -0.877. The van der Waals surface area contributed by atoms with Crippen molar-refractivity contribution in [3.05, 3.63) is 41.6 Å². The predicted octanol–water partition coefficient (Wildman–Crippen LogP) is 3.51. The SMILES string of the molecule is CCC(=O)Oc1cc(C(F)(F)F)nn1-c1cccc(C)c1. The molecule has 1 aromatic carbocycles. The molecule has 0 aliphatic heterocycles. The van der Waals surface area contributed by atoms with Gasteiger partial charge in [-0.25, -0.2) is 4.68 Å². The molecule has 0 bridgehead atoms. The van der Waals surface area contributed by atoms with Gasteiger partial charge in [0.25, 0.3) is 0 Å². The Balaban J connectivity index is 2.51. The Kier molecular flexibility index (Phi) is 4.02. The van der Waals surface area contributed by atoms with Crippen LogP contribution in [0.5, 0.6) is 5.88 Å². The van der Waals surface area contributed by atoms with Gasteiger partial charge in [-0.3, -0.25) is 4.79 Å². The molecular formula is C14H13F3N2O2. The molecule has 2 rings (SSSR count). The van der Waals surface area contributed by atoms with Gasteiger partial charge in [0.1, 0.15) is 0 Å². The van der Waals surface area contributed by atoms with Gasteiger partial charge in [0.2, 0.25) is 5.88 Å². The third kappa shape index (κ3) is 3.42. The number of ether oxygens (including phenoxy) is 1. The van der Waals surface area contributed by atoms with E-state index in [1.807, 2.05) is 0 Å². The first kappa shape index (κ1) is 15.1. The van der Waals surface area contributed by atoms with Crippen LogP contribution in [0.4, 0.5) is 13.2 Å². The fraction of sp³-hybridized carbons (Fsp3) is 0.286. The molecule has 21 heavy (non-hydrogen) atoms. The number of carbonyl (C=O) groups excluding carboxylic acids is 1. The average molecular weight is 298 g/mol. The van der Waals surface area contributed by atoms with Crippen LogP contribution in [-0.2, 0) is 11.0 Å². The topological polar surface area (TPSA) is 44.1 Å². The Bertz CT molecular complexity index is 662. The van der Waals surface area contributed by atoms with Gasteiger partial charge in [0, 0.05) is 12.5 Å². The summed E-state index contributed by atoms with van der Waals surface area (Å²) < 4.78 is 44.2. The highest BCUT2D eigenvalue weighted by atomic mass is 19.4. The summed E-state index contributed by atoms with van der Waals surface area (Å²) in [5, 5.41) is 3.49. The molecule has 0 saturated carbocycles. The van der Waals surface area contributed by atoms with Crippen molar-refractivity contribution in [2.75, 3.05) is 0 Å². The molecule has 4 nitrogen and oxygen atoms in total. The van der Waals surface area contributed by atoms with Gasteiger partial charge >= 0.3 is 12.1 Å². The minimum Gasteiger partial charge on any atom is -0.407 e. The monoisotopic (exact) mass is 298 g/mol. The van der Waals surface area contributed by atoms with E-state index >= 15 is 0 Å². The molecular weight excluding hydrogens is 285 g/mol. The minimum absolute atomic E-state index is 0.0559. The highest BCUT2D eigenvalue weighted by Gasteiger charge is 2.35. The molecule has 112 valence electrons. The standard InChI is InChI=1S/C14H13F3N2O2/c1-3-13(20)21-12-8-11(14(15,16)17)18-19(12)10-6-4-5-9(2)7-10/h4-8H,3H2,1-2H3. The quantitative estimate of drug-likeness (QED) is 0.814. The highest BCUT2D eigenvalue weighted by molar-refractivity contribution is 5.71. The van der Waals surface area contributed by atoms with Crippen molar-refractivity contribution in [1.82, 2.24) is 9.78 Å². The van der Waals surface area contributed by atoms with Crippen molar-refractivity contribution in [2.24, 2.45) is 0 Å². The van der Waals surface area contributed by atoms with Crippen molar-refractivity contribution in [2.45, 2.75) is 26.4 Å². The molecule has 0 radical (unpaired) electrons. The van der Waals surface area contributed by atoms with Crippen LogP contribution < -0.4 is 4.74 Å². The van der Waals surface area contributed by atoms with Crippen LogP contribution in [0.2, 0.25) is 0 Å². The van der Waals surface area contributed by atoms with E-state index < -0.39 is 17.8 Å². The summed E-state index contributed by atoms with van der Waals surface area (Å²) in [6.07, 6.45) is -4.55. The van der Waals surface area contributed by atoms with Crippen LogP contribution in [0.25, 0.3) is 5.69 Å². The normalized spacial score (nSPS) is 11.5. The summed E-state index contributed by atoms with van der Waals surface area (Å²) in [6, 6.07) is 7.44. The lowest BCUT2D eigenvalue weighted by Crippen LogP contribution is -2.10. The van der Waals surface area contributed by atoms with Crippen LogP contribution >= 0.6 is 0 Å². The van der Waals surface area contributed by atoms with Gasteiger partial charge in [-0.15, -0.1) is 0 Å². The van der Waals surface area contributed by atoms with Crippen LogP contribution in [0.3, 0.4) is 0 Å². The van der Waals surface area contributed by atoms with E-state index in [0.717, 1.165) is 16.3 Å². The van der Waals surface area contributed by atoms with Gasteiger partial charge in [0.15, 0.2) is 5.69 Å². The molecule has 1 aromatic heterocycles. The number of hydrogen-bond acceptors (Lipinski definition) is 3.